The van der Waals surface area contributed by atoms with Crippen molar-refractivity contribution in [3.05, 3.63) is 336 Å². The minimum absolute atomic E-state index is 0.135. The Kier molecular flexibility index (Phi) is 11.2. The number of hydrogen-bond acceptors (Lipinski definition) is 2. The molecule has 0 spiro atoms. The van der Waals surface area contributed by atoms with Gasteiger partial charge in [0, 0.05) is 44.8 Å². The summed E-state index contributed by atoms with van der Waals surface area (Å²) in [4.78, 5) is 4.94. The Labute approximate surface area is 476 Å². The molecule has 0 fully saturated rings. The summed E-state index contributed by atoms with van der Waals surface area (Å²) in [6.07, 6.45) is 0. The number of para-hydroxylation sites is 2. The van der Waals surface area contributed by atoms with Crippen molar-refractivity contribution in [2.45, 2.75) is 43.9 Å². The third-order valence-corrected chi connectivity index (χ3v) is 18.1. The SMILES string of the molecule is CC1(C)c2ccccc2-c2ccc(N(c3ccccc3)c3cccc(-c4ccc5c(c4)C(c4ccccc4)(c4ccc(-c6ccccc6)cc4)c4cccc(N(c6ccccc6)c6ccc7c(c6)C(C)(C)c6ccccc6-7)c4-5)c3)cc21. The van der Waals surface area contributed by atoms with E-state index >= 15 is 0 Å². The van der Waals surface area contributed by atoms with Gasteiger partial charge in [0.2, 0.25) is 0 Å². The van der Waals surface area contributed by atoms with Gasteiger partial charge in [-0.1, -0.05) is 246 Å². The molecule has 1 atom stereocenters. The molecular formula is C79H60N2. The van der Waals surface area contributed by atoms with Crippen LogP contribution in [0, 0.1) is 0 Å². The van der Waals surface area contributed by atoms with Crippen molar-refractivity contribution < 1.29 is 0 Å². The van der Waals surface area contributed by atoms with E-state index in [-0.39, 0.29) is 10.8 Å². The number of benzene rings is 12. The first-order valence-corrected chi connectivity index (χ1v) is 28.5. The van der Waals surface area contributed by atoms with Crippen LogP contribution in [0.2, 0.25) is 0 Å². The first-order valence-electron chi connectivity index (χ1n) is 28.5. The van der Waals surface area contributed by atoms with Crippen molar-refractivity contribution >= 4 is 34.1 Å². The molecule has 3 aliphatic rings. The van der Waals surface area contributed by atoms with Gasteiger partial charge in [0.1, 0.15) is 0 Å². The molecule has 0 aromatic heterocycles. The van der Waals surface area contributed by atoms with E-state index in [0.29, 0.717) is 0 Å². The Morgan fingerprint density at radius 2 is 0.642 bits per heavy atom. The molecule has 0 bridgehead atoms. The third kappa shape index (κ3) is 7.47. The Bertz CT molecular complexity index is 4390. The fraction of sp³-hybridized carbons (Fsp3) is 0.0886. The molecule has 0 radical (unpaired) electrons. The lowest BCUT2D eigenvalue weighted by atomic mass is 9.67. The second kappa shape index (κ2) is 18.7. The van der Waals surface area contributed by atoms with Crippen LogP contribution in [0.1, 0.15) is 72.2 Å². The smallest absolute Gasteiger partial charge is 0.0714 e. The van der Waals surface area contributed by atoms with Gasteiger partial charge in [-0.25, -0.2) is 0 Å². The van der Waals surface area contributed by atoms with E-state index in [9.17, 15) is 0 Å². The largest absolute Gasteiger partial charge is 0.310 e. The van der Waals surface area contributed by atoms with E-state index < -0.39 is 5.41 Å². The summed E-state index contributed by atoms with van der Waals surface area (Å²) in [6, 6.07) is 109. The number of fused-ring (bicyclic) bond motifs is 9. The molecule has 0 amide bonds. The second-order valence-corrected chi connectivity index (χ2v) is 23.2. The average Bonchev–Trinajstić information content (AvgIpc) is 4.27. The lowest BCUT2D eigenvalue weighted by Crippen LogP contribution is -2.28. The first kappa shape index (κ1) is 48.4. The maximum atomic E-state index is 2.51. The van der Waals surface area contributed by atoms with Crippen molar-refractivity contribution in [3.63, 3.8) is 0 Å². The quantitative estimate of drug-likeness (QED) is 0.135. The van der Waals surface area contributed by atoms with Crippen LogP contribution in [0.5, 0.6) is 0 Å². The van der Waals surface area contributed by atoms with Gasteiger partial charge in [0.15, 0.2) is 0 Å². The summed E-state index contributed by atoms with van der Waals surface area (Å²) in [6.45, 7) is 9.48. The third-order valence-electron chi connectivity index (χ3n) is 18.1. The Morgan fingerprint density at radius 1 is 0.235 bits per heavy atom. The molecule has 0 saturated carbocycles. The predicted molar refractivity (Wildman–Crippen MR) is 339 cm³/mol. The fourth-order valence-corrected chi connectivity index (χ4v) is 14.3. The zero-order chi connectivity index (χ0) is 54.5. The maximum Gasteiger partial charge on any atom is 0.0714 e. The van der Waals surface area contributed by atoms with Gasteiger partial charge >= 0.3 is 0 Å². The average molecular weight is 1040 g/mol. The topological polar surface area (TPSA) is 6.48 Å². The molecule has 81 heavy (non-hydrogen) atoms. The minimum Gasteiger partial charge on any atom is -0.310 e. The monoisotopic (exact) mass is 1040 g/mol. The lowest BCUT2D eigenvalue weighted by Gasteiger charge is -2.35. The Hall–Kier alpha value is -9.76. The molecule has 12 aromatic rings. The number of rotatable bonds is 10. The minimum atomic E-state index is -0.695. The standard InChI is InChI=1S/C79H60N2/c1-77(2)69-35-19-17-33-64(69)66-47-44-62(51-72(66)77)80(59-28-13-7-14-29-59)61-32-21-25-55(49-61)56-41-46-68-74(50-56)79(57-26-11-6-12-27-57,58-42-39-54(40-43-58)53-23-9-5-10-24-53)71-37-22-38-75(76(68)71)81(60-30-15-8-16-31-60)63-45-48-67-65-34-18-20-36-70(65)78(3,4)73(67)52-63/h5-52H,1-4H3. The van der Waals surface area contributed by atoms with Crippen LogP contribution in [0.4, 0.5) is 34.1 Å². The maximum absolute atomic E-state index is 2.51. The van der Waals surface area contributed by atoms with Crippen LogP contribution in [0.3, 0.4) is 0 Å². The summed E-state index contributed by atoms with van der Waals surface area (Å²) >= 11 is 0. The first-order chi connectivity index (χ1) is 39.7. The van der Waals surface area contributed by atoms with Crippen molar-refractivity contribution in [3.8, 4) is 55.6 Å². The number of anilines is 6. The highest BCUT2D eigenvalue weighted by Gasteiger charge is 2.48. The van der Waals surface area contributed by atoms with Crippen LogP contribution in [0.25, 0.3) is 55.6 Å². The number of nitrogens with zero attached hydrogens (tertiary/aromatic N) is 2. The van der Waals surface area contributed by atoms with Gasteiger partial charge in [-0.2, -0.15) is 0 Å². The van der Waals surface area contributed by atoms with Crippen molar-refractivity contribution in [1.29, 1.82) is 0 Å². The van der Waals surface area contributed by atoms with Crippen molar-refractivity contribution in [2.24, 2.45) is 0 Å². The summed E-state index contributed by atoms with van der Waals surface area (Å²) < 4.78 is 0. The van der Waals surface area contributed by atoms with Gasteiger partial charge in [0.05, 0.1) is 11.1 Å². The molecule has 2 heteroatoms. The molecule has 0 saturated heterocycles. The normalized spacial score (nSPS) is 15.4. The summed E-state index contributed by atoms with van der Waals surface area (Å²) in [5.74, 6) is 0. The van der Waals surface area contributed by atoms with Gasteiger partial charge < -0.3 is 9.80 Å². The summed E-state index contributed by atoms with van der Waals surface area (Å²) in [5.41, 5.74) is 28.5. The van der Waals surface area contributed by atoms with E-state index in [0.717, 1.165) is 45.3 Å². The van der Waals surface area contributed by atoms with Gasteiger partial charge in [-0.05, 0) is 167 Å². The van der Waals surface area contributed by atoms with Crippen LogP contribution in [-0.2, 0) is 16.2 Å². The van der Waals surface area contributed by atoms with E-state index in [1.807, 2.05) is 0 Å². The van der Waals surface area contributed by atoms with Crippen LogP contribution in [-0.4, -0.2) is 0 Å². The zero-order valence-corrected chi connectivity index (χ0v) is 46.1. The molecule has 0 heterocycles. The molecule has 2 nitrogen and oxygen atoms in total. The number of hydrogen-bond donors (Lipinski definition) is 0. The zero-order valence-electron chi connectivity index (χ0n) is 46.1. The molecular weight excluding hydrogens is 977 g/mol. The van der Waals surface area contributed by atoms with E-state index in [4.69, 9.17) is 0 Å². The van der Waals surface area contributed by atoms with Gasteiger partial charge in [0.25, 0.3) is 0 Å². The molecule has 0 N–H and O–H groups in total. The van der Waals surface area contributed by atoms with Crippen LogP contribution >= 0.6 is 0 Å². The van der Waals surface area contributed by atoms with Gasteiger partial charge in [-0.3, -0.25) is 0 Å². The van der Waals surface area contributed by atoms with Crippen LogP contribution in [0.15, 0.2) is 291 Å². The van der Waals surface area contributed by atoms with Crippen molar-refractivity contribution in [2.75, 3.05) is 9.80 Å². The molecule has 15 rings (SSSR count). The molecule has 0 aliphatic heterocycles. The van der Waals surface area contributed by atoms with Gasteiger partial charge in [-0.15, -0.1) is 0 Å². The molecule has 386 valence electrons. The van der Waals surface area contributed by atoms with Crippen molar-refractivity contribution in [1.82, 2.24) is 0 Å². The Morgan fingerprint density at radius 3 is 1.26 bits per heavy atom. The highest BCUT2D eigenvalue weighted by Crippen LogP contribution is 2.61. The fourth-order valence-electron chi connectivity index (χ4n) is 14.3. The highest BCUT2D eigenvalue weighted by atomic mass is 15.1. The lowest BCUT2D eigenvalue weighted by molar-refractivity contribution is 0.660. The molecule has 12 aromatic carbocycles. The van der Waals surface area contributed by atoms with E-state index in [1.54, 1.807) is 0 Å². The molecule has 1 unspecified atom stereocenters. The van der Waals surface area contributed by atoms with Crippen LogP contribution < -0.4 is 9.80 Å². The Balaban J connectivity index is 0.943. The summed E-state index contributed by atoms with van der Waals surface area (Å²) in [5, 5.41) is 0. The van der Waals surface area contributed by atoms with E-state index in [1.165, 1.54) is 89.0 Å². The second-order valence-electron chi connectivity index (χ2n) is 23.2. The van der Waals surface area contributed by atoms with E-state index in [2.05, 4.69) is 329 Å². The molecule has 3 aliphatic carbocycles. The summed E-state index contributed by atoms with van der Waals surface area (Å²) in [7, 11) is 0. The predicted octanol–water partition coefficient (Wildman–Crippen LogP) is 20.9. The highest BCUT2D eigenvalue weighted by molar-refractivity contribution is 5.99.